The Kier molecular flexibility index (Phi) is 4.99. The van der Waals surface area contributed by atoms with Gasteiger partial charge >= 0.3 is 0 Å². The zero-order chi connectivity index (χ0) is 22.7. The summed E-state index contributed by atoms with van der Waals surface area (Å²) in [5.74, 6) is 4.28. The number of hydrogen-bond donors (Lipinski definition) is 2. The van der Waals surface area contributed by atoms with E-state index in [-0.39, 0.29) is 12.6 Å². The fourth-order valence-corrected chi connectivity index (χ4v) is 6.13. The van der Waals surface area contributed by atoms with Gasteiger partial charge in [0.15, 0.2) is 11.6 Å². The highest BCUT2D eigenvalue weighted by molar-refractivity contribution is 7.85. The van der Waals surface area contributed by atoms with Gasteiger partial charge in [0.2, 0.25) is 5.95 Å². The SMILES string of the molecule is CC(C)(CO)Nc1nc(N2CCN3c4ncc(C5CC5)cc4OCC3C2)nc2c1[S@](=O)CC2. The number of hydrogen-bond acceptors (Lipinski definition) is 9. The third-order valence-corrected chi connectivity index (χ3v) is 8.36. The number of piperazine rings is 1. The zero-order valence-corrected chi connectivity index (χ0v) is 19.9. The van der Waals surface area contributed by atoms with Crippen LogP contribution in [0.1, 0.15) is 43.9 Å². The van der Waals surface area contributed by atoms with Gasteiger partial charge in [-0.2, -0.15) is 4.98 Å². The Morgan fingerprint density at radius 2 is 2.15 bits per heavy atom. The van der Waals surface area contributed by atoms with Gasteiger partial charge in [-0.25, -0.2) is 9.97 Å². The molecule has 0 bridgehead atoms. The first-order valence-corrected chi connectivity index (χ1v) is 13.1. The molecular weight excluding hydrogens is 440 g/mol. The van der Waals surface area contributed by atoms with Crippen molar-refractivity contribution in [2.45, 2.75) is 55.5 Å². The zero-order valence-electron chi connectivity index (χ0n) is 19.1. The lowest BCUT2D eigenvalue weighted by Gasteiger charge is -2.44. The predicted molar refractivity (Wildman–Crippen MR) is 127 cm³/mol. The second kappa shape index (κ2) is 7.80. The fourth-order valence-electron chi connectivity index (χ4n) is 4.83. The van der Waals surface area contributed by atoms with Gasteiger partial charge in [0.25, 0.3) is 0 Å². The van der Waals surface area contributed by atoms with E-state index in [1.54, 1.807) is 0 Å². The van der Waals surface area contributed by atoms with Crippen molar-refractivity contribution in [3.8, 4) is 5.75 Å². The largest absolute Gasteiger partial charge is 0.487 e. The number of ether oxygens (including phenoxy) is 1. The lowest BCUT2D eigenvalue weighted by Crippen LogP contribution is -2.58. The molecule has 2 atom stereocenters. The molecule has 1 unspecified atom stereocenters. The number of aliphatic hydroxyl groups excluding tert-OH is 1. The van der Waals surface area contributed by atoms with Crippen molar-refractivity contribution >= 4 is 28.4 Å². The van der Waals surface area contributed by atoms with Gasteiger partial charge in [-0.3, -0.25) is 4.21 Å². The molecule has 4 aliphatic rings. The summed E-state index contributed by atoms with van der Waals surface area (Å²) < 4.78 is 18.7. The molecule has 0 aromatic carbocycles. The van der Waals surface area contributed by atoms with Crippen LogP contribution in [0.3, 0.4) is 0 Å². The van der Waals surface area contributed by atoms with Crippen LogP contribution in [0.5, 0.6) is 5.75 Å². The van der Waals surface area contributed by atoms with Gasteiger partial charge in [0.05, 0.1) is 34.7 Å². The second-order valence-corrected chi connectivity index (χ2v) is 11.6. The molecule has 2 fully saturated rings. The van der Waals surface area contributed by atoms with E-state index >= 15 is 0 Å². The van der Waals surface area contributed by atoms with Gasteiger partial charge in [0.1, 0.15) is 17.3 Å². The van der Waals surface area contributed by atoms with Crippen LogP contribution in [0.2, 0.25) is 0 Å². The summed E-state index contributed by atoms with van der Waals surface area (Å²) >= 11 is 0. The normalized spacial score (nSPS) is 24.1. The van der Waals surface area contributed by atoms with E-state index in [0.717, 1.165) is 36.9 Å². The van der Waals surface area contributed by atoms with Crippen LogP contribution in [0, 0.1) is 0 Å². The quantitative estimate of drug-likeness (QED) is 0.675. The van der Waals surface area contributed by atoms with Gasteiger partial charge < -0.3 is 25.0 Å². The molecule has 1 aliphatic carbocycles. The molecule has 1 saturated heterocycles. The molecule has 6 rings (SSSR count). The molecule has 0 amide bonds. The molecule has 10 heteroatoms. The number of anilines is 3. The molecule has 2 N–H and O–H groups in total. The molecule has 9 nitrogen and oxygen atoms in total. The van der Waals surface area contributed by atoms with Crippen LogP contribution >= 0.6 is 0 Å². The highest BCUT2D eigenvalue weighted by Gasteiger charge is 2.37. The van der Waals surface area contributed by atoms with Gasteiger partial charge in [0, 0.05) is 38.0 Å². The van der Waals surface area contributed by atoms with Gasteiger partial charge in [-0.15, -0.1) is 0 Å². The van der Waals surface area contributed by atoms with Crippen LogP contribution < -0.4 is 19.9 Å². The summed E-state index contributed by atoms with van der Waals surface area (Å²) in [5.41, 5.74) is 1.56. The number of aryl methyl sites for hydroxylation is 1. The summed E-state index contributed by atoms with van der Waals surface area (Å²) in [6.07, 6.45) is 5.20. The molecule has 0 spiro atoms. The fraction of sp³-hybridized carbons (Fsp3) is 0.609. The minimum absolute atomic E-state index is 0.0549. The summed E-state index contributed by atoms with van der Waals surface area (Å²) in [6, 6.07) is 2.34. The monoisotopic (exact) mass is 470 g/mol. The number of nitrogens with zero attached hydrogens (tertiary/aromatic N) is 5. The van der Waals surface area contributed by atoms with E-state index in [0.29, 0.717) is 41.4 Å². The average molecular weight is 471 g/mol. The summed E-state index contributed by atoms with van der Waals surface area (Å²) in [5, 5.41) is 13.0. The van der Waals surface area contributed by atoms with Crippen LogP contribution in [0.15, 0.2) is 17.2 Å². The Labute approximate surface area is 196 Å². The van der Waals surface area contributed by atoms with Gasteiger partial charge in [-0.1, -0.05) is 0 Å². The lowest BCUT2D eigenvalue weighted by atomic mass is 10.1. The Morgan fingerprint density at radius 1 is 1.30 bits per heavy atom. The lowest BCUT2D eigenvalue weighted by molar-refractivity contribution is 0.233. The van der Waals surface area contributed by atoms with Crippen molar-refractivity contribution in [1.82, 2.24) is 15.0 Å². The van der Waals surface area contributed by atoms with Crippen molar-refractivity contribution in [2.24, 2.45) is 0 Å². The van der Waals surface area contributed by atoms with Crippen LogP contribution in [-0.4, -0.2) is 74.4 Å². The molecular formula is C23H30N6O3S. The smallest absolute Gasteiger partial charge is 0.227 e. The van der Waals surface area contributed by atoms with Crippen molar-refractivity contribution < 1.29 is 14.1 Å². The van der Waals surface area contributed by atoms with Crippen molar-refractivity contribution in [2.75, 3.05) is 53.7 Å². The van der Waals surface area contributed by atoms with E-state index in [9.17, 15) is 9.32 Å². The minimum atomic E-state index is -1.12. The first-order valence-electron chi connectivity index (χ1n) is 11.7. The van der Waals surface area contributed by atoms with Crippen molar-refractivity contribution in [1.29, 1.82) is 0 Å². The Bertz CT molecular complexity index is 1120. The van der Waals surface area contributed by atoms with E-state index in [1.165, 1.54) is 18.4 Å². The third-order valence-electron chi connectivity index (χ3n) is 6.90. The first-order chi connectivity index (χ1) is 15.9. The highest BCUT2D eigenvalue weighted by Crippen LogP contribution is 2.43. The first kappa shape index (κ1) is 21.1. The maximum Gasteiger partial charge on any atom is 0.227 e. The number of fused-ring (bicyclic) bond motifs is 4. The highest BCUT2D eigenvalue weighted by atomic mass is 32.2. The van der Waals surface area contributed by atoms with Crippen LogP contribution in [0.4, 0.5) is 17.6 Å². The number of rotatable bonds is 5. The predicted octanol–water partition coefficient (Wildman–Crippen LogP) is 1.68. The Morgan fingerprint density at radius 3 is 2.94 bits per heavy atom. The van der Waals surface area contributed by atoms with Gasteiger partial charge in [-0.05, 0) is 44.2 Å². The molecule has 1 saturated carbocycles. The summed E-state index contributed by atoms with van der Waals surface area (Å²) in [7, 11) is -1.12. The topological polar surface area (TPSA) is 104 Å². The van der Waals surface area contributed by atoms with E-state index in [4.69, 9.17) is 19.7 Å². The Hall–Kier alpha value is -2.46. The van der Waals surface area contributed by atoms with Crippen molar-refractivity contribution in [3.63, 3.8) is 0 Å². The number of aliphatic hydroxyl groups is 1. The molecule has 5 heterocycles. The molecule has 3 aliphatic heterocycles. The minimum Gasteiger partial charge on any atom is -0.487 e. The Balaban J connectivity index is 1.26. The summed E-state index contributed by atoms with van der Waals surface area (Å²) in [4.78, 5) is 19.6. The van der Waals surface area contributed by atoms with E-state index in [2.05, 4.69) is 21.2 Å². The van der Waals surface area contributed by atoms with Crippen molar-refractivity contribution in [3.05, 3.63) is 23.5 Å². The molecule has 176 valence electrons. The third kappa shape index (κ3) is 3.82. The maximum atomic E-state index is 12.6. The number of pyridine rings is 1. The average Bonchev–Trinajstić information content (AvgIpc) is 3.60. The maximum absolute atomic E-state index is 12.6. The number of aromatic nitrogens is 3. The molecule has 2 aromatic heterocycles. The van der Waals surface area contributed by atoms with Crippen LogP contribution in [-0.2, 0) is 17.2 Å². The number of nitrogens with one attached hydrogen (secondary N) is 1. The van der Waals surface area contributed by atoms with E-state index in [1.807, 2.05) is 20.0 Å². The standard InChI is InChI=1S/C23H30N6O3S/c1-23(2,13-30)27-20-19-17(5-8-33(19)31)25-22(26-20)28-6-7-29-16(11-28)12-32-18-9-15(14-3-4-14)10-24-21(18)29/h9-10,14,16,30H,3-8,11-13H2,1-2H3,(H,25,26,27)/t16?,33-/m1/s1. The van der Waals surface area contributed by atoms with Crippen LogP contribution in [0.25, 0.3) is 0 Å². The second-order valence-electron chi connectivity index (χ2n) is 10.1. The van der Waals surface area contributed by atoms with E-state index < -0.39 is 16.3 Å². The summed E-state index contributed by atoms with van der Waals surface area (Å²) in [6.45, 7) is 6.67. The molecule has 33 heavy (non-hydrogen) atoms. The molecule has 0 radical (unpaired) electrons. The molecule has 2 aromatic rings.